The summed E-state index contributed by atoms with van der Waals surface area (Å²) in [5.74, 6) is 0.574. The quantitative estimate of drug-likeness (QED) is 0.472. The van der Waals surface area contributed by atoms with E-state index in [1.165, 1.54) is 5.06 Å². The molecule has 0 bridgehead atoms. The first-order chi connectivity index (χ1) is 11.5. The SMILES string of the molecule is C=C=C(CCCN(C)c1ccc(N)cc1)ON1C(=O)CC/C1=C/C. The molecule has 0 saturated carbocycles. The van der Waals surface area contributed by atoms with Gasteiger partial charge in [-0.3, -0.25) is 4.79 Å². The number of benzene rings is 1. The van der Waals surface area contributed by atoms with Gasteiger partial charge in [-0.15, -0.1) is 5.06 Å². The molecule has 1 fully saturated rings. The molecular weight excluding hydrogens is 302 g/mol. The highest BCUT2D eigenvalue weighted by Crippen LogP contribution is 2.25. The molecular formula is C19H25N3O2. The highest BCUT2D eigenvalue weighted by molar-refractivity contribution is 5.80. The second-order valence-electron chi connectivity index (χ2n) is 5.78. The van der Waals surface area contributed by atoms with E-state index in [4.69, 9.17) is 10.6 Å². The van der Waals surface area contributed by atoms with Crippen LogP contribution in [-0.2, 0) is 9.63 Å². The molecule has 1 amide bonds. The van der Waals surface area contributed by atoms with Gasteiger partial charge in [0.05, 0.1) is 5.70 Å². The highest BCUT2D eigenvalue weighted by Gasteiger charge is 2.27. The van der Waals surface area contributed by atoms with Gasteiger partial charge in [0.2, 0.25) is 0 Å². The first-order valence-electron chi connectivity index (χ1n) is 8.17. The Hall–Kier alpha value is -2.65. The molecule has 0 aliphatic carbocycles. The van der Waals surface area contributed by atoms with Crippen molar-refractivity contribution < 1.29 is 9.63 Å². The molecule has 2 N–H and O–H groups in total. The minimum absolute atomic E-state index is 0.0187. The minimum Gasteiger partial charge on any atom is -0.399 e. The molecule has 2 rings (SSSR count). The molecule has 1 aromatic carbocycles. The number of nitrogens with two attached hydrogens (primary N) is 1. The predicted octanol–water partition coefficient (Wildman–Crippen LogP) is 3.61. The molecule has 0 unspecified atom stereocenters. The van der Waals surface area contributed by atoms with Crippen LogP contribution < -0.4 is 10.6 Å². The van der Waals surface area contributed by atoms with E-state index in [9.17, 15) is 4.79 Å². The van der Waals surface area contributed by atoms with Crippen molar-refractivity contribution >= 4 is 17.3 Å². The van der Waals surface area contributed by atoms with Gasteiger partial charge >= 0.3 is 0 Å². The van der Waals surface area contributed by atoms with Crippen LogP contribution in [0.4, 0.5) is 11.4 Å². The number of nitrogens with zero attached hydrogens (tertiary/aromatic N) is 2. The zero-order chi connectivity index (χ0) is 17.5. The molecule has 0 atom stereocenters. The summed E-state index contributed by atoms with van der Waals surface area (Å²) in [5, 5.41) is 1.37. The van der Waals surface area contributed by atoms with Gasteiger partial charge in [0.25, 0.3) is 5.91 Å². The standard InChI is InChI=1S/C19H25N3O2/c1-4-16-12-13-19(23)22(16)24-18(5-2)7-6-14-21(3)17-10-8-15(20)9-11-17/h4,8-11H,2,6-7,12-14,20H2,1,3H3/b16-4-. The average molecular weight is 327 g/mol. The molecule has 0 radical (unpaired) electrons. The third-order valence-corrected chi connectivity index (χ3v) is 4.05. The fourth-order valence-electron chi connectivity index (χ4n) is 2.58. The Morgan fingerprint density at radius 1 is 1.42 bits per heavy atom. The number of nitrogen functional groups attached to an aromatic ring is 1. The first-order valence-corrected chi connectivity index (χ1v) is 8.17. The Labute approximate surface area is 143 Å². The van der Waals surface area contributed by atoms with Gasteiger partial charge in [0.1, 0.15) is 0 Å². The lowest BCUT2D eigenvalue weighted by molar-refractivity contribution is -0.157. The summed E-state index contributed by atoms with van der Waals surface area (Å²) >= 11 is 0. The van der Waals surface area contributed by atoms with Gasteiger partial charge < -0.3 is 15.5 Å². The minimum atomic E-state index is -0.0187. The van der Waals surface area contributed by atoms with Gasteiger partial charge in [-0.1, -0.05) is 18.4 Å². The van der Waals surface area contributed by atoms with E-state index < -0.39 is 0 Å². The maximum Gasteiger partial charge on any atom is 0.260 e. The third kappa shape index (κ3) is 4.43. The molecule has 5 nitrogen and oxygen atoms in total. The molecule has 1 aliphatic heterocycles. The van der Waals surface area contributed by atoms with Crippen LogP contribution in [0.1, 0.15) is 32.6 Å². The lowest BCUT2D eigenvalue weighted by Crippen LogP contribution is -2.24. The Bertz CT molecular complexity index is 658. The molecule has 1 aromatic rings. The molecule has 5 heteroatoms. The van der Waals surface area contributed by atoms with Crippen molar-refractivity contribution in [2.24, 2.45) is 0 Å². The van der Waals surface area contributed by atoms with E-state index in [-0.39, 0.29) is 5.91 Å². The second-order valence-corrected chi connectivity index (χ2v) is 5.78. The van der Waals surface area contributed by atoms with Gasteiger partial charge in [0, 0.05) is 37.8 Å². The van der Waals surface area contributed by atoms with Gasteiger partial charge in [-0.25, -0.2) is 0 Å². The third-order valence-electron chi connectivity index (χ3n) is 4.05. The van der Waals surface area contributed by atoms with Crippen LogP contribution in [0, 0.1) is 0 Å². The molecule has 1 saturated heterocycles. The van der Waals surface area contributed by atoms with Crippen LogP contribution in [0.2, 0.25) is 0 Å². The van der Waals surface area contributed by atoms with E-state index >= 15 is 0 Å². The Morgan fingerprint density at radius 2 is 2.12 bits per heavy atom. The van der Waals surface area contributed by atoms with E-state index in [1.807, 2.05) is 44.3 Å². The van der Waals surface area contributed by atoms with E-state index in [0.29, 0.717) is 18.6 Å². The van der Waals surface area contributed by atoms with Crippen molar-refractivity contribution in [3.63, 3.8) is 0 Å². The molecule has 24 heavy (non-hydrogen) atoms. The number of allylic oxidation sites excluding steroid dienone is 3. The van der Waals surface area contributed by atoms with Crippen molar-refractivity contribution in [2.45, 2.75) is 32.6 Å². The number of hydroxylamine groups is 2. The van der Waals surface area contributed by atoms with Crippen molar-refractivity contribution in [2.75, 3.05) is 24.2 Å². The zero-order valence-electron chi connectivity index (χ0n) is 14.4. The van der Waals surface area contributed by atoms with Crippen LogP contribution in [0.25, 0.3) is 0 Å². The van der Waals surface area contributed by atoms with Crippen molar-refractivity contribution in [3.05, 3.63) is 54.1 Å². The van der Waals surface area contributed by atoms with Crippen molar-refractivity contribution in [3.8, 4) is 0 Å². The lowest BCUT2D eigenvalue weighted by Gasteiger charge is -2.21. The van der Waals surface area contributed by atoms with Crippen molar-refractivity contribution in [1.29, 1.82) is 0 Å². The number of rotatable bonds is 7. The highest BCUT2D eigenvalue weighted by atomic mass is 16.7. The number of hydrogen-bond donors (Lipinski definition) is 1. The fraction of sp³-hybridized carbons (Fsp3) is 0.368. The normalized spacial score (nSPS) is 15.5. The number of carbonyl (C=O) groups is 1. The van der Waals surface area contributed by atoms with Crippen LogP contribution in [-0.4, -0.2) is 24.6 Å². The first kappa shape index (κ1) is 17.7. The van der Waals surface area contributed by atoms with Gasteiger partial charge in [-0.2, -0.15) is 0 Å². The van der Waals surface area contributed by atoms with Gasteiger partial charge in [-0.05, 0) is 44.0 Å². The predicted molar refractivity (Wildman–Crippen MR) is 96.9 cm³/mol. The summed E-state index contributed by atoms with van der Waals surface area (Å²) in [5.41, 5.74) is 11.3. The largest absolute Gasteiger partial charge is 0.399 e. The lowest BCUT2D eigenvalue weighted by atomic mass is 10.2. The van der Waals surface area contributed by atoms with Crippen LogP contribution in [0.3, 0.4) is 0 Å². The summed E-state index contributed by atoms with van der Waals surface area (Å²) in [6.07, 6.45) is 4.65. The Morgan fingerprint density at radius 3 is 2.75 bits per heavy atom. The summed E-state index contributed by atoms with van der Waals surface area (Å²) in [4.78, 5) is 19.7. The summed E-state index contributed by atoms with van der Waals surface area (Å²) in [6, 6.07) is 7.78. The summed E-state index contributed by atoms with van der Waals surface area (Å²) in [6.45, 7) is 6.43. The maximum atomic E-state index is 11.9. The summed E-state index contributed by atoms with van der Waals surface area (Å²) in [7, 11) is 2.03. The zero-order valence-corrected chi connectivity index (χ0v) is 14.4. The number of carbonyl (C=O) groups excluding carboxylic acids is 1. The smallest absolute Gasteiger partial charge is 0.260 e. The Kier molecular flexibility index (Phi) is 6.10. The topological polar surface area (TPSA) is 58.8 Å². The fourth-order valence-corrected chi connectivity index (χ4v) is 2.58. The Balaban J connectivity index is 1.84. The average Bonchev–Trinajstić information content (AvgIpc) is 2.94. The maximum absolute atomic E-state index is 11.9. The number of amides is 1. The monoisotopic (exact) mass is 327 g/mol. The summed E-state index contributed by atoms with van der Waals surface area (Å²) < 4.78 is 0. The molecule has 0 aromatic heterocycles. The molecule has 1 aliphatic rings. The van der Waals surface area contributed by atoms with Crippen molar-refractivity contribution in [1.82, 2.24) is 5.06 Å². The van der Waals surface area contributed by atoms with Gasteiger partial charge in [0.15, 0.2) is 5.76 Å². The van der Waals surface area contributed by atoms with Crippen LogP contribution >= 0.6 is 0 Å². The van der Waals surface area contributed by atoms with E-state index in [1.54, 1.807) is 0 Å². The number of anilines is 2. The molecule has 128 valence electrons. The molecule has 1 heterocycles. The van der Waals surface area contributed by atoms with E-state index in [0.717, 1.165) is 36.5 Å². The van der Waals surface area contributed by atoms with Crippen LogP contribution in [0.5, 0.6) is 0 Å². The molecule has 0 spiro atoms. The second kappa shape index (κ2) is 8.27. The number of hydrogen-bond acceptors (Lipinski definition) is 4. The van der Waals surface area contributed by atoms with Crippen LogP contribution in [0.15, 0.2) is 54.1 Å². The van der Waals surface area contributed by atoms with E-state index in [2.05, 4.69) is 17.2 Å².